The van der Waals surface area contributed by atoms with E-state index in [0.29, 0.717) is 0 Å². The highest BCUT2D eigenvalue weighted by Crippen LogP contribution is 2.27. The molecule has 1 aliphatic rings. The van der Waals surface area contributed by atoms with E-state index in [1.165, 1.54) is 45.2 Å². The minimum atomic E-state index is 0.858. The van der Waals surface area contributed by atoms with Gasteiger partial charge in [-0.15, -0.1) is 0 Å². The minimum absolute atomic E-state index is 0.858. The molecule has 1 saturated heterocycles. The molecule has 2 nitrogen and oxygen atoms in total. The maximum atomic E-state index is 4.02. The number of hydrogen-bond acceptors (Lipinski definition) is 2. The van der Waals surface area contributed by atoms with Crippen LogP contribution in [0.3, 0.4) is 0 Å². The number of nitrogens with zero attached hydrogens (tertiary/aromatic N) is 1. The molecular weight excluding hydrogens is 232 g/mol. The van der Waals surface area contributed by atoms with Crippen molar-refractivity contribution in [2.45, 2.75) is 52.9 Å². The third kappa shape index (κ3) is 7.00. The van der Waals surface area contributed by atoms with Gasteiger partial charge in [0, 0.05) is 19.3 Å². The van der Waals surface area contributed by atoms with E-state index in [9.17, 15) is 0 Å². The molecule has 0 aromatic heterocycles. The van der Waals surface area contributed by atoms with Crippen LogP contribution in [-0.4, -0.2) is 31.6 Å². The van der Waals surface area contributed by atoms with E-state index < -0.39 is 0 Å². The lowest BCUT2D eigenvalue weighted by Gasteiger charge is -2.33. The van der Waals surface area contributed by atoms with Crippen LogP contribution in [0.1, 0.15) is 52.9 Å². The smallest absolute Gasteiger partial charge is 0.0375 e. The lowest BCUT2D eigenvalue weighted by atomic mass is 9.85. The van der Waals surface area contributed by atoms with E-state index >= 15 is 0 Å². The van der Waals surface area contributed by atoms with Gasteiger partial charge in [0.05, 0.1) is 0 Å². The molecule has 0 aliphatic carbocycles. The number of rotatable bonds is 8. The second kappa shape index (κ2) is 8.63. The summed E-state index contributed by atoms with van der Waals surface area (Å²) in [5, 5.41) is 3.15. The minimum Gasteiger partial charge on any atom is -0.391 e. The van der Waals surface area contributed by atoms with Crippen LogP contribution < -0.4 is 5.32 Å². The molecule has 1 N–H and O–H groups in total. The van der Waals surface area contributed by atoms with E-state index in [1.54, 1.807) is 0 Å². The zero-order valence-corrected chi connectivity index (χ0v) is 13.5. The zero-order valence-electron chi connectivity index (χ0n) is 13.5. The van der Waals surface area contributed by atoms with Crippen LogP contribution in [0.4, 0.5) is 0 Å². The third-order valence-corrected chi connectivity index (χ3v) is 4.45. The molecule has 1 atom stereocenters. The van der Waals surface area contributed by atoms with E-state index in [0.717, 1.165) is 30.0 Å². The van der Waals surface area contributed by atoms with Gasteiger partial charge in [-0.05, 0) is 50.1 Å². The first-order valence-electron chi connectivity index (χ1n) is 8.09. The van der Waals surface area contributed by atoms with Crippen molar-refractivity contribution in [3.63, 3.8) is 0 Å². The SMILES string of the molecule is C=C(CN1CCC(CC(C)CCC(C)C)CC1)NC. The summed E-state index contributed by atoms with van der Waals surface area (Å²) in [6.45, 7) is 14.7. The van der Waals surface area contributed by atoms with Crippen molar-refractivity contribution in [1.29, 1.82) is 0 Å². The maximum absolute atomic E-state index is 4.02. The van der Waals surface area contributed by atoms with Gasteiger partial charge in [0.15, 0.2) is 0 Å². The fourth-order valence-corrected chi connectivity index (χ4v) is 3.03. The van der Waals surface area contributed by atoms with Gasteiger partial charge in [-0.3, -0.25) is 4.90 Å². The van der Waals surface area contributed by atoms with Crippen molar-refractivity contribution >= 4 is 0 Å². The molecule has 1 aliphatic heterocycles. The Kier molecular flexibility index (Phi) is 7.52. The lowest BCUT2D eigenvalue weighted by molar-refractivity contribution is 0.175. The number of likely N-dealkylation sites (N-methyl/N-ethyl adjacent to an activating group) is 1. The Bertz CT molecular complexity index is 252. The number of likely N-dealkylation sites (tertiary alicyclic amines) is 1. The summed E-state index contributed by atoms with van der Waals surface area (Å²) in [5.74, 6) is 2.73. The monoisotopic (exact) mass is 266 g/mol. The largest absolute Gasteiger partial charge is 0.391 e. The Morgan fingerprint density at radius 3 is 2.37 bits per heavy atom. The van der Waals surface area contributed by atoms with Gasteiger partial charge in [-0.25, -0.2) is 0 Å². The van der Waals surface area contributed by atoms with Crippen LogP contribution in [0.15, 0.2) is 12.3 Å². The molecule has 112 valence electrons. The summed E-state index contributed by atoms with van der Waals surface area (Å²) in [7, 11) is 1.96. The molecule has 1 heterocycles. The Morgan fingerprint density at radius 2 is 1.84 bits per heavy atom. The average Bonchev–Trinajstić information content (AvgIpc) is 2.38. The van der Waals surface area contributed by atoms with Gasteiger partial charge in [0.1, 0.15) is 0 Å². The summed E-state index contributed by atoms with van der Waals surface area (Å²) in [6, 6.07) is 0. The Labute approximate surface area is 120 Å². The van der Waals surface area contributed by atoms with Crippen molar-refractivity contribution in [2.24, 2.45) is 17.8 Å². The average molecular weight is 266 g/mol. The third-order valence-electron chi connectivity index (χ3n) is 4.45. The Balaban J connectivity index is 2.17. The lowest BCUT2D eigenvalue weighted by Crippen LogP contribution is -2.36. The van der Waals surface area contributed by atoms with E-state index in [-0.39, 0.29) is 0 Å². The number of piperidine rings is 1. The first kappa shape index (κ1) is 16.6. The molecule has 1 unspecified atom stereocenters. The standard InChI is InChI=1S/C17H34N2/c1-14(2)6-7-15(3)12-17-8-10-19(11-9-17)13-16(4)18-5/h14-15,17-18H,4,6-13H2,1-3,5H3. The van der Waals surface area contributed by atoms with E-state index in [4.69, 9.17) is 0 Å². The van der Waals surface area contributed by atoms with E-state index in [1.807, 2.05) is 7.05 Å². The predicted octanol–water partition coefficient (Wildman–Crippen LogP) is 3.89. The van der Waals surface area contributed by atoms with Gasteiger partial charge in [-0.2, -0.15) is 0 Å². The molecule has 1 fully saturated rings. The van der Waals surface area contributed by atoms with E-state index in [2.05, 4.69) is 37.6 Å². The molecule has 2 heteroatoms. The topological polar surface area (TPSA) is 15.3 Å². The van der Waals surface area contributed by atoms with Crippen molar-refractivity contribution in [3.8, 4) is 0 Å². The molecular formula is C17H34N2. The maximum Gasteiger partial charge on any atom is 0.0375 e. The van der Waals surface area contributed by atoms with Gasteiger partial charge in [0.2, 0.25) is 0 Å². The summed E-state index contributed by atoms with van der Waals surface area (Å²) in [4.78, 5) is 2.54. The van der Waals surface area contributed by atoms with Gasteiger partial charge in [-0.1, -0.05) is 40.2 Å². The number of nitrogens with one attached hydrogen (secondary N) is 1. The van der Waals surface area contributed by atoms with Crippen molar-refractivity contribution < 1.29 is 0 Å². The summed E-state index contributed by atoms with van der Waals surface area (Å²) in [5.41, 5.74) is 1.14. The quantitative estimate of drug-likeness (QED) is 0.717. The van der Waals surface area contributed by atoms with Crippen LogP contribution in [0, 0.1) is 17.8 Å². The second-order valence-corrected chi connectivity index (χ2v) is 6.89. The number of hydrogen-bond donors (Lipinski definition) is 1. The molecule has 0 spiro atoms. The van der Waals surface area contributed by atoms with Crippen LogP contribution in [0.25, 0.3) is 0 Å². The molecule has 0 amide bonds. The molecule has 0 radical (unpaired) electrons. The highest BCUT2D eigenvalue weighted by molar-refractivity contribution is 4.94. The fraction of sp³-hybridized carbons (Fsp3) is 0.882. The van der Waals surface area contributed by atoms with Gasteiger partial charge in [0.25, 0.3) is 0 Å². The highest BCUT2D eigenvalue weighted by atomic mass is 15.1. The molecule has 0 saturated carbocycles. The Hall–Kier alpha value is -0.500. The normalized spacial score (nSPS) is 19.6. The van der Waals surface area contributed by atoms with Crippen molar-refractivity contribution in [2.75, 3.05) is 26.7 Å². The molecule has 0 aromatic carbocycles. The van der Waals surface area contributed by atoms with Crippen molar-refractivity contribution in [3.05, 3.63) is 12.3 Å². The molecule has 1 rings (SSSR count). The van der Waals surface area contributed by atoms with Crippen LogP contribution in [0.2, 0.25) is 0 Å². The first-order chi connectivity index (χ1) is 9.01. The first-order valence-corrected chi connectivity index (χ1v) is 8.09. The van der Waals surface area contributed by atoms with Crippen LogP contribution >= 0.6 is 0 Å². The summed E-state index contributed by atoms with van der Waals surface area (Å²) in [6.07, 6.45) is 7.00. The predicted molar refractivity (Wildman–Crippen MR) is 85.2 cm³/mol. The fourth-order valence-electron chi connectivity index (χ4n) is 3.03. The van der Waals surface area contributed by atoms with Crippen molar-refractivity contribution in [1.82, 2.24) is 10.2 Å². The molecule has 0 bridgehead atoms. The summed E-state index contributed by atoms with van der Waals surface area (Å²) >= 11 is 0. The van der Waals surface area contributed by atoms with Crippen LogP contribution in [-0.2, 0) is 0 Å². The van der Waals surface area contributed by atoms with Gasteiger partial charge >= 0.3 is 0 Å². The second-order valence-electron chi connectivity index (χ2n) is 6.89. The summed E-state index contributed by atoms with van der Waals surface area (Å²) < 4.78 is 0. The molecule has 0 aromatic rings. The van der Waals surface area contributed by atoms with Crippen LogP contribution in [0.5, 0.6) is 0 Å². The Morgan fingerprint density at radius 1 is 1.21 bits per heavy atom. The highest BCUT2D eigenvalue weighted by Gasteiger charge is 2.21. The molecule has 19 heavy (non-hydrogen) atoms. The zero-order chi connectivity index (χ0) is 14.3. The van der Waals surface area contributed by atoms with Gasteiger partial charge < -0.3 is 5.32 Å².